The summed E-state index contributed by atoms with van der Waals surface area (Å²) in [5, 5.41) is 2.89. The van der Waals surface area contributed by atoms with Crippen LogP contribution in [0.1, 0.15) is 12.8 Å². The van der Waals surface area contributed by atoms with Crippen LogP contribution in [0.25, 0.3) is 0 Å². The summed E-state index contributed by atoms with van der Waals surface area (Å²) in [6.07, 6.45) is 1.84. The predicted molar refractivity (Wildman–Crippen MR) is 74.7 cm³/mol. The molecule has 1 atom stereocenters. The van der Waals surface area contributed by atoms with Gasteiger partial charge in [0.25, 0.3) is 0 Å². The van der Waals surface area contributed by atoms with Crippen molar-refractivity contribution in [3.8, 4) is 0 Å². The number of anilines is 1. The molecule has 2 rings (SSSR count). The summed E-state index contributed by atoms with van der Waals surface area (Å²) in [7, 11) is -1.74. The topological polar surface area (TPSA) is 67.4 Å². The van der Waals surface area contributed by atoms with E-state index >= 15 is 0 Å². The van der Waals surface area contributed by atoms with Crippen molar-refractivity contribution in [2.75, 3.05) is 32.1 Å². The average Bonchev–Trinajstić information content (AvgIpc) is 2.91. The smallest absolute Gasteiger partial charge is 0.242 e. The second-order valence-electron chi connectivity index (χ2n) is 4.66. The van der Waals surface area contributed by atoms with Crippen LogP contribution in [0, 0.1) is 5.92 Å². The molecule has 0 spiro atoms. The van der Waals surface area contributed by atoms with Gasteiger partial charge in [-0.15, -0.1) is 0 Å². The molecule has 1 unspecified atom stereocenters. The fourth-order valence-corrected chi connectivity index (χ4v) is 3.45. The summed E-state index contributed by atoms with van der Waals surface area (Å²) in [4.78, 5) is 0.292. The highest BCUT2D eigenvalue weighted by atomic mass is 32.2. The zero-order valence-corrected chi connectivity index (χ0v) is 11.9. The van der Waals surface area contributed by atoms with E-state index in [1.165, 1.54) is 0 Å². The Hall–Kier alpha value is -1.11. The molecular formula is C13H20N2O3S. The average molecular weight is 284 g/mol. The highest BCUT2D eigenvalue weighted by Gasteiger charge is 2.19. The molecule has 1 aromatic rings. The number of nitrogens with one attached hydrogen (secondary N) is 2. The Morgan fingerprint density at radius 1 is 1.37 bits per heavy atom. The summed E-state index contributed by atoms with van der Waals surface area (Å²) in [6, 6.07) is 6.88. The van der Waals surface area contributed by atoms with Gasteiger partial charge in [0.05, 0.1) is 5.69 Å². The summed E-state index contributed by atoms with van der Waals surface area (Å²) in [5.41, 5.74) is 0.610. The van der Waals surface area contributed by atoms with Crippen LogP contribution in [0.5, 0.6) is 0 Å². The van der Waals surface area contributed by atoms with Crippen molar-refractivity contribution in [3.05, 3.63) is 24.3 Å². The van der Waals surface area contributed by atoms with Crippen molar-refractivity contribution in [2.45, 2.75) is 17.7 Å². The third-order valence-electron chi connectivity index (χ3n) is 3.31. The second kappa shape index (κ2) is 6.36. The number of sulfonamides is 1. The van der Waals surface area contributed by atoms with Crippen molar-refractivity contribution in [2.24, 2.45) is 5.92 Å². The number of benzene rings is 1. The standard InChI is InChI=1S/C13H20N2O3S/c1-14-12-4-2-3-5-13(12)19(16,17)15-8-6-11-7-9-18-10-11/h2-5,11,14-15H,6-10H2,1H3. The highest BCUT2D eigenvalue weighted by Crippen LogP contribution is 2.20. The number of rotatable bonds is 6. The zero-order chi connectivity index (χ0) is 13.7. The summed E-state index contributed by atoms with van der Waals surface area (Å²) in [5.74, 6) is 0.474. The third-order valence-corrected chi connectivity index (χ3v) is 4.83. The minimum absolute atomic E-state index is 0.292. The quantitative estimate of drug-likeness (QED) is 0.829. The Labute approximate surface area is 114 Å². The van der Waals surface area contributed by atoms with Crippen molar-refractivity contribution < 1.29 is 13.2 Å². The molecule has 1 heterocycles. The van der Waals surface area contributed by atoms with Crippen molar-refractivity contribution in [1.82, 2.24) is 4.72 Å². The van der Waals surface area contributed by atoms with Gasteiger partial charge < -0.3 is 10.1 Å². The van der Waals surface area contributed by atoms with Gasteiger partial charge in [-0.1, -0.05) is 12.1 Å². The van der Waals surface area contributed by atoms with E-state index in [1.54, 1.807) is 31.3 Å². The second-order valence-corrected chi connectivity index (χ2v) is 6.40. The van der Waals surface area contributed by atoms with Gasteiger partial charge in [-0.2, -0.15) is 0 Å². The third kappa shape index (κ3) is 3.68. The van der Waals surface area contributed by atoms with Crippen molar-refractivity contribution in [3.63, 3.8) is 0 Å². The Bertz CT molecular complexity index is 510. The van der Waals surface area contributed by atoms with E-state index in [-0.39, 0.29) is 0 Å². The Morgan fingerprint density at radius 3 is 2.84 bits per heavy atom. The summed E-state index contributed by atoms with van der Waals surface area (Å²) < 4.78 is 32.3. The highest BCUT2D eigenvalue weighted by molar-refractivity contribution is 7.89. The molecule has 0 saturated carbocycles. The molecule has 0 amide bonds. The molecule has 1 aliphatic rings. The number of hydrogen-bond acceptors (Lipinski definition) is 4. The van der Waals surface area contributed by atoms with Gasteiger partial charge in [-0.25, -0.2) is 13.1 Å². The van der Waals surface area contributed by atoms with Gasteiger partial charge in [0.1, 0.15) is 4.90 Å². The summed E-state index contributed by atoms with van der Waals surface area (Å²) in [6.45, 7) is 1.99. The molecule has 0 aromatic heterocycles. The number of hydrogen-bond donors (Lipinski definition) is 2. The first-order valence-corrected chi connectivity index (χ1v) is 7.96. The molecule has 0 bridgehead atoms. The molecule has 6 heteroatoms. The molecular weight excluding hydrogens is 264 g/mol. The molecule has 0 aliphatic carbocycles. The first-order chi connectivity index (χ1) is 9.13. The summed E-state index contributed by atoms with van der Waals surface area (Å²) >= 11 is 0. The predicted octanol–water partition coefficient (Wildman–Crippen LogP) is 1.43. The number of ether oxygens (including phenoxy) is 1. The fourth-order valence-electron chi connectivity index (χ4n) is 2.19. The van der Waals surface area contributed by atoms with Crippen LogP contribution in [0.15, 0.2) is 29.2 Å². The monoisotopic (exact) mass is 284 g/mol. The van der Waals surface area contributed by atoms with Crippen molar-refractivity contribution in [1.29, 1.82) is 0 Å². The Morgan fingerprint density at radius 2 is 2.16 bits per heavy atom. The molecule has 1 fully saturated rings. The molecule has 0 radical (unpaired) electrons. The van der Waals surface area contributed by atoms with Crippen LogP contribution < -0.4 is 10.0 Å². The molecule has 1 aliphatic heterocycles. The Balaban J connectivity index is 1.97. The normalized spacial score (nSPS) is 19.5. The lowest BCUT2D eigenvalue weighted by atomic mass is 10.1. The maximum atomic E-state index is 12.2. The van der Waals surface area contributed by atoms with E-state index < -0.39 is 10.0 Å². The van der Waals surface area contributed by atoms with E-state index in [1.807, 2.05) is 0 Å². The van der Waals surface area contributed by atoms with E-state index in [2.05, 4.69) is 10.0 Å². The molecule has 1 saturated heterocycles. The lowest BCUT2D eigenvalue weighted by Crippen LogP contribution is -2.27. The van der Waals surface area contributed by atoms with Gasteiger partial charge in [-0.3, -0.25) is 0 Å². The van der Waals surface area contributed by atoms with E-state index in [4.69, 9.17) is 4.74 Å². The van der Waals surface area contributed by atoms with E-state index in [0.717, 1.165) is 26.1 Å². The lowest BCUT2D eigenvalue weighted by Gasteiger charge is -2.12. The molecule has 106 valence electrons. The Kier molecular flexibility index (Phi) is 4.79. The molecule has 19 heavy (non-hydrogen) atoms. The van der Waals surface area contributed by atoms with Gasteiger partial charge in [0.15, 0.2) is 0 Å². The first-order valence-electron chi connectivity index (χ1n) is 6.47. The van der Waals surface area contributed by atoms with E-state index in [9.17, 15) is 8.42 Å². The molecule has 2 N–H and O–H groups in total. The van der Waals surface area contributed by atoms with Gasteiger partial charge in [-0.05, 0) is 30.9 Å². The zero-order valence-electron chi connectivity index (χ0n) is 11.1. The van der Waals surface area contributed by atoms with Crippen LogP contribution >= 0.6 is 0 Å². The van der Waals surface area contributed by atoms with Gasteiger partial charge in [0, 0.05) is 26.8 Å². The van der Waals surface area contributed by atoms with E-state index in [0.29, 0.717) is 23.0 Å². The minimum Gasteiger partial charge on any atom is -0.387 e. The van der Waals surface area contributed by atoms with Crippen LogP contribution in [0.4, 0.5) is 5.69 Å². The molecule has 1 aromatic carbocycles. The van der Waals surface area contributed by atoms with Crippen molar-refractivity contribution >= 4 is 15.7 Å². The van der Waals surface area contributed by atoms with Gasteiger partial charge in [0.2, 0.25) is 10.0 Å². The van der Waals surface area contributed by atoms with Crippen LogP contribution in [0.2, 0.25) is 0 Å². The lowest BCUT2D eigenvalue weighted by molar-refractivity contribution is 0.184. The maximum absolute atomic E-state index is 12.2. The molecule has 5 nitrogen and oxygen atoms in total. The van der Waals surface area contributed by atoms with Crippen LogP contribution in [0.3, 0.4) is 0 Å². The fraction of sp³-hybridized carbons (Fsp3) is 0.538. The largest absolute Gasteiger partial charge is 0.387 e. The SMILES string of the molecule is CNc1ccccc1S(=O)(=O)NCCC1CCOC1. The maximum Gasteiger partial charge on any atom is 0.242 e. The van der Waals surface area contributed by atoms with Gasteiger partial charge >= 0.3 is 0 Å². The first kappa shape index (κ1) is 14.3. The minimum atomic E-state index is -3.45. The van der Waals surface area contributed by atoms with Crippen LogP contribution in [-0.2, 0) is 14.8 Å². The number of para-hydroxylation sites is 1. The van der Waals surface area contributed by atoms with Crippen LogP contribution in [-0.4, -0.2) is 35.2 Å².